The van der Waals surface area contributed by atoms with E-state index in [9.17, 15) is 0 Å². The molecule has 3 rings (SSSR count). The van der Waals surface area contributed by atoms with Crippen LogP contribution in [0, 0.1) is 6.92 Å². The van der Waals surface area contributed by atoms with Crippen molar-refractivity contribution in [2.24, 2.45) is 0 Å². The second-order valence-electron chi connectivity index (χ2n) is 4.54. The van der Waals surface area contributed by atoms with Gasteiger partial charge in [0.2, 0.25) is 0 Å². The number of furan rings is 1. The minimum Gasteiger partial charge on any atom is -0.459 e. The monoisotopic (exact) mass is 290 g/mol. The van der Waals surface area contributed by atoms with E-state index >= 15 is 0 Å². The van der Waals surface area contributed by atoms with Gasteiger partial charge in [0.15, 0.2) is 0 Å². The molecular formula is C16H12Cl2O. The Morgan fingerprint density at radius 1 is 1.05 bits per heavy atom. The number of halogens is 2. The summed E-state index contributed by atoms with van der Waals surface area (Å²) < 4.78 is 5.82. The number of fused-ring (bicyclic) bond motifs is 1. The molecule has 3 aromatic rings. The summed E-state index contributed by atoms with van der Waals surface area (Å²) in [5.74, 6) is 1.15. The van der Waals surface area contributed by atoms with Gasteiger partial charge in [0.05, 0.1) is 5.88 Å². The Morgan fingerprint density at radius 3 is 2.47 bits per heavy atom. The predicted octanol–water partition coefficient (Wildman–Crippen LogP) is 5.80. The highest BCUT2D eigenvalue weighted by molar-refractivity contribution is 6.30. The SMILES string of the molecule is Cc1ccc2oc(CCl)c(-c3ccc(Cl)cc3)c2c1. The van der Waals surface area contributed by atoms with Crippen LogP contribution in [0.25, 0.3) is 22.1 Å². The van der Waals surface area contributed by atoms with Crippen LogP contribution in [0.4, 0.5) is 0 Å². The van der Waals surface area contributed by atoms with E-state index in [4.69, 9.17) is 27.6 Å². The van der Waals surface area contributed by atoms with Crippen LogP contribution in [-0.2, 0) is 5.88 Å². The summed E-state index contributed by atoms with van der Waals surface area (Å²) in [4.78, 5) is 0. The van der Waals surface area contributed by atoms with Crippen LogP contribution in [-0.4, -0.2) is 0 Å². The molecule has 19 heavy (non-hydrogen) atoms. The molecule has 0 amide bonds. The van der Waals surface area contributed by atoms with E-state index in [-0.39, 0.29) is 0 Å². The summed E-state index contributed by atoms with van der Waals surface area (Å²) in [6.45, 7) is 2.07. The van der Waals surface area contributed by atoms with Gasteiger partial charge in [-0.25, -0.2) is 0 Å². The van der Waals surface area contributed by atoms with Gasteiger partial charge in [-0.15, -0.1) is 11.6 Å². The Labute approximate surface area is 121 Å². The molecule has 0 aliphatic rings. The van der Waals surface area contributed by atoms with Crippen molar-refractivity contribution in [1.82, 2.24) is 0 Å². The maximum atomic E-state index is 6.00. The van der Waals surface area contributed by atoms with Gasteiger partial charge < -0.3 is 4.42 Å². The second kappa shape index (κ2) is 4.92. The van der Waals surface area contributed by atoms with Crippen LogP contribution < -0.4 is 0 Å². The van der Waals surface area contributed by atoms with Crippen molar-refractivity contribution >= 4 is 34.2 Å². The maximum absolute atomic E-state index is 6.00. The van der Waals surface area contributed by atoms with Crippen LogP contribution in [0.1, 0.15) is 11.3 Å². The zero-order valence-electron chi connectivity index (χ0n) is 10.4. The number of hydrogen-bond donors (Lipinski definition) is 0. The van der Waals surface area contributed by atoms with Crippen LogP contribution in [0.3, 0.4) is 0 Å². The van der Waals surface area contributed by atoms with Crippen LogP contribution in [0.5, 0.6) is 0 Å². The highest BCUT2D eigenvalue weighted by Gasteiger charge is 2.15. The van der Waals surface area contributed by atoms with E-state index in [1.807, 2.05) is 36.4 Å². The number of benzene rings is 2. The Bertz CT molecular complexity index is 726. The zero-order valence-corrected chi connectivity index (χ0v) is 11.9. The molecule has 1 aromatic heterocycles. The molecule has 3 heteroatoms. The fraction of sp³-hybridized carbons (Fsp3) is 0.125. The molecule has 0 spiro atoms. The average Bonchev–Trinajstić information content (AvgIpc) is 2.77. The first-order valence-electron chi connectivity index (χ1n) is 6.03. The minimum absolute atomic E-state index is 0.353. The quantitative estimate of drug-likeness (QED) is 0.544. The predicted molar refractivity (Wildman–Crippen MR) is 81.0 cm³/mol. The lowest BCUT2D eigenvalue weighted by Crippen LogP contribution is -1.81. The summed E-state index contributed by atoms with van der Waals surface area (Å²) in [6, 6.07) is 13.9. The van der Waals surface area contributed by atoms with Crippen molar-refractivity contribution in [2.75, 3.05) is 0 Å². The van der Waals surface area contributed by atoms with Gasteiger partial charge in [-0.1, -0.05) is 35.4 Å². The molecule has 0 N–H and O–H groups in total. The summed E-state index contributed by atoms with van der Waals surface area (Å²) in [7, 11) is 0. The molecule has 1 nitrogen and oxygen atoms in total. The maximum Gasteiger partial charge on any atom is 0.135 e. The summed E-state index contributed by atoms with van der Waals surface area (Å²) in [6.07, 6.45) is 0. The number of rotatable bonds is 2. The number of aryl methyl sites for hydroxylation is 1. The molecule has 2 aromatic carbocycles. The number of hydrogen-bond acceptors (Lipinski definition) is 1. The Kier molecular flexibility index (Phi) is 3.26. The molecule has 0 bridgehead atoms. The molecule has 0 aliphatic carbocycles. The molecular weight excluding hydrogens is 279 g/mol. The molecule has 0 atom stereocenters. The van der Waals surface area contributed by atoms with Gasteiger partial charge in [0.25, 0.3) is 0 Å². The van der Waals surface area contributed by atoms with Crippen molar-refractivity contribution in [2.45, 2.75) is 12.8 Å². The third-order valence-electron chi connectivity index (χ3n) is 3.17. The first-order chi connectivity index (χ1) is 9.19. The van der Waals surface area contributed by atoms with E-state index in [1.54, 1.807) is 0 Å². The van der Waals surface area contributed by atoms with Crippen molar-refractivity contribution < 1.29 is 4.42 Å². The molecule has 0 saturated heterocycles. The van der Waals surface area contributed by atoms with Crippen molar-refractivity contribution in [3.63, 3.8) is 0 Å². The Morgan fingerprint density at radius 2 is 1.79 bits per heavy atom. The van der Waals surface area contributed by atoms with Crippen molar-refractivity contribution in [3.05, 3.63) is 58.8 Å². The lowest BCUT2D eigenvalue weighted by atomic mass is 10.0. The van der Waals surface area contributed by atoms with Gasteiger partial charge in [-0.05, 0) is 36.8 Å². The van der Waals surface area contributed by atoms with E-state index in [2.05, 4.69) is 13.0 Å². The Balaban J connectivity index is 2.31. The van der Waals surface area contributed by atoms with Crippen molar-refractivity contribution in [3.8, 4) is 11.1 Å². The van der Waals surface area contributed by atoms with Gasteiger partial charge >= 0.3 is 0 Å². The molecule has 0 saturated carbocycles. The molecule has 0 radical (unpaired) electrons. The van der Waals surface area contributed by atoms with E-state index < -0.39 is 0 Å². The van der Waals surface area contributed by atoms with E-state index in [0.717, 1.165) is 32.9 Å². The zero-order chi connectivity index (χ0) is 13.4. The first-order valence-corrected chi connectivity index (χ1v) is 6.94. The highest BCUT2D eigenvalue weighted by atomic mass is 35.5. The highest BCUT2D eigenvalue weighted by Crippen LogP contribution is 2.36. The summed E-state index contributed by atoms with van der Waals surface area (Å²) in [5.41, 5.74) is 4.20. The lowest BCUT2D eigenvalue weighted by Gasteiger charge is -2.02. The average molecular weight is 291 g/mol. The third-order valence-corrected chi connectivity index (χ3v) is 3.67. The van der Waals surface area contributed by atoms with Gasteiger partial charge in [-0.2, -0.15) is 0 Å². The second-order valence-corrected chi connectivity index (χ2v) is 5.24. The third kappa shape index (κ3) is 2.24. The molecule has 0 unspecified atom stereocenters. The molecule has 1 heterocycles. The first kappa shape index (κ1) is 12.6. The van der Waals surface area contributed by atoms with E-state index in [0.29, 0.717) is 5.88 Å². The van der Waals surface area contributed by atoms with Crippen molar-refractivity contribution in [1.29, 1.82) is 0 Å². The van der Waals surface area contributed by atoms with Gasteiger partial charge in [0.1, 0.15) is 11.3 Å². The topological polar surface area (TPSA) is 13.1 Å². The molecule has 0 aliphatic heterocycles. The summed E-state index contributed by atoms with van der Waals surface area (Å²) >= 11 is 11.9. The Hall–Kier alpha value is -1.44. The van der Waals surface area contributed by atoms with Crippen LogP contribution >= 0.6 is 23.2 Å². The fourth-order valence-corrected chi connectivity index (χ4v) is 2.60. The van der Waals surface area contributed by atoms with Crippen LogP contribution in [0.2, 0.25) is 5.02 Å². The molecule has 0 fully saturated rings. The largest absolute Gasteiger partial charge is 0.459 e. The number of alkyl halides is 1. The smallest absolute Gasteiger partial charge is 0.135 e. The van der Waals surface area contributed by atoms with Gasteiger partial charge in [0, 0.05) is 16.0 Å². The van der Waals surface area contributed by atoms with Crippen LogP contribution in [0.15, 0.2) is 46.9 Å². The normalized spacial score (nSPS) is 11.1. The fourth-order valence-electron chi connectivity index (χ4n) is 2.29. The molecule has 96 valence electrons. The summed E-state index contributed by atoms with van der Waals surface area (Å²) in [5, 5.41) is 1.82. The lowest BCUT2D eigenvalue weighted by molar-refractivity contribution is 0.574. The van der Waals surface area contributed by atoms with E-state index in [1.165, 1.54) is 5.56 Å². The van der Waals surface area contributed by atoms with Gasteiger partial charge in [-0.3, -0.25) is 0 Å². The standard InChI is InChI=1S/C16H12Cl2O/c1-10-2-7-14-13(8-10)16(15(9-17)19-14)11-3-5-12(18)6-4-11/h2-8H,9H2,1H3. The minimum atomic E-state index is 0.353.